The maximum Gasteiger partial charge on any atom is 0.247 e. The number of nitrogens with zero attached hydrogens (tertiary/aromatic N) is 4. The maximum atomic E-state index is 13.1. The number of Topliss-reactive ketones (excluding diaryl/α,β-unsaturated/α-hetero) is 1. The largest absolute Gasteiger partial charge is 0.381 e. The quantitative estimate of drug-likeness (QED) is 0.646. The molecule has 6 rings (SSSR count). The Morgan fingerprint density at radius 1 is 1.18 bits per heavy atom. The number of carbonyl (C=O) groups is 2. The summed E-state index contributed by atoms with van der Waals surface area (Å²) in [5, 5.41) is 12.9. The highest BCUT2D eigenvalue weighted by Crippen LogP contribution is 2.52. The molecule has 174 valence electrons. The van der Waals surface area contributed by atoms with Gasteiger partial charge in [0.25, 0.3) is 0 Å². The molecular formula is C26H27N5O3. The molecule has 1 atom stereocenters. The van der Waals surface area contributed by atoms with E-state index in [1.807, 2.05) is 18.2 Å². The van der Waals surface area contributed by atoms with Crippen molar-refractivity contribution >= 4 is 29.0 Å². The van der Waals surface area contributed by atoms with Crippen LogP contribution in [0.1, 0.15) is 44.1 Å². The van der Waals surface area contributed by atoms with Crippen LogP contribution in [0.2, 0.25) is 0 Å². The lowest BCUT2D eigenvalue weighted by molar-refractivity contribution is -0.127. The van der Waals surface area contributed by atoms with E-state index >= 15 is 0 Å². The predicted octanol–water partition coefficient (Wildman–Crippen LogP) is 3.51. The molecule has 4 fully saturated rings. The zero-order chi connectivity index (χ0) is 23.3. The molecular weight excluding hydrogens is 430 g/mol. The number of aromatic nitrogens is 2. The van der Waals surface area contributed by atoms with Crippen molar-refractivity contribution in [3.05, 3.63) is 42.2 Å². The summed E-state index contributed by atoms with van der Waals surface area (Å²) in [4.78, 5) is 36.6. The van der Waals surface area contributed by atoms with Gasteiger partial charge in [-0.25, -0.2) is 9.97 Å². The number of amides is 1. The molecule has 34 heavy (non-hydrogen) atoms. The minimum absolute atomic E-state index is 0.0926. The van der Waals surface area contributed by atoms with Crippen LogP contribution in [-0.2, 0) is 19.7 Å². The highest BCUT2D eigenvalue weighted by Gasteiger charge is 2.56. The van der Waals surface area contributed by atoms with Crippen LogP contribution < -0.4 is 10.2 Å². The number of ketones is 1. The molecule has 0 radical (unpaired) electrons. The molecule has 2 aliphatic carbocycles. The van der Waals surface area contributed by atoms with Crippen LogP contribution in [0.4, 0.5) is 17.3 Å². The predicted molar refractivity (Wildman–Crippen MR) is 124 cm³/mol. The minimum atomic E-state index is -0.865. The van der Waals surface area contributed by atoms with Crippen molar-refractivity contribution in [2.24, 2.45) is 17.3 Å². The third-order valence-corrected chi connectivity index (χ3v) is 7.92. The third-order valence-electron chi connectivity index (χ3n) is 7.92. The van der Waals surface area contributed by atoms with E-state index in [0.717, 1.165) is 36.9 Å². The number of nitrogens with one attached hydrogen (secondary N) is 1. The summed E-state index contributed by atoms with van der Waals surface area (Å²) in [6.07, 6.45) is 8.29. The first kappa shape index (κ1) is 21.2. The molecule has 0 spiro atoms. The van der Waals surface area contributed by atoms with Crippen molar-refractivity contribution in [3.63, 3.8) is 0 Å². The molecule has 2 aromatic heterocycles. The van der Waals surface area contributed by atoms with E-state index in [-0.39, 0.29) is 17.2 Å². The second-order valence-corrected chi connectivity index (χ2v) is 10.1. The molecule has 0 unspecified atom stereocenters. The van der Waals surface area contributed by atoms with Crippen LogP contribution in [0.15, 0.2) is 36.7 Å². The fraction of sp³-hybridized carbons (Fsp3) is 0.500. The van der Waals surface area contributed by atoms with Gasteiger partial charge in [0.15, 0.2) is 0 Å². The van der Waals surface area contributed by atoms with E-state index in [0.29, 0.717) is 55.9 Å². The van der Waals surface area contributed by atoms with Gasteiger partial charge in [-0.1, -0.05) is 6.07 Å². The first-order valence-corrected chi connectivity index (χ1v) is 12.1. The number of anilines is 3. The second-order valence-electron chi connectivity index (χ2n) is 10.1. The molecule has 4 heterocycles. The Morgan fingerprint density at radius 3 is 2.62 bits per heavy atom. The number of pyridine rings is 2. The number of ether oxygens (including phenoxy) is 1. The number of hydrogen-bond donors (Lipinski definition) is 1. The molecule has 0 aromatic carbocycles. The Bertz CT molecular complexity index is 1180. The van der Waals surface area contributed by atoms with Crippen molar-refractivity contribution in [2.75, 3.05) is 30.0 Å². The maximum absolute atomic E-state index is 13.1. The SMILES string of the molecule is N#C[C@@]1(C2CC2)CCN(c2ccnc(Nc3ccc(C4(C(=O)CC5COC5)CC4)cn3)c2)C1=O. The van der Waals surface area contributed by atoms with Gasteiger partial charge >= 0.3 is 0 Å². The number of nitriles is 1. The van der Waals surface area contributed by atoms with E-state index in [1.54, 1.807) is 23.4 Å². The van der Waals surface area contributed by atoms with Gasteiger partial charge in [-0.05, 0) is 55.7 Å². The lowest BCUT2D eigenvalue weighted by atomic mass is 9.83. The Balaban J connectivity index is 1.15. The van der Waals surface area contributed by atoms with Gasteiger partial charge in [0, 0.05) is 43.0 Å². The fourth-order valence-electron chi connectivity index (χ4n) is 5.38. The van der Waals surface area contributed by atoms with Gasteiger partial charge in [-0.15, -0.1) is 0 Å². The van der Waals surface area contributed by atoms with E-state index in [4.69, 9.17) is 4.74 Å². The zero-order valence-electron chi connectivity index (χ0n) is 19.0. The zero-order valence-corrected chi connectivity index (χ0v) is 19.0. The van der Waals surface area contributed by atoms with Gasteiger partial charge in [0.2, 0.25) is 5.91 Å². The van der Waals surface area contributed by atoms with Crippen molar-refractivity contribution in [1.29, 1.82) is 5.26 Å². The number of hydrogen-bond acceptors (Lipinski definition) is 7. The van der Waals surface area contributed by atoms with Gasteiger partial charge in [-0.3, -0.25) is 9.59 Å². The first-order chi connectivity index (χ1) is 16.5. The Labute approximate surface area is 198 Å². The van der Waals surface area contributed by atoms with Gasteiger partial charge in [0.05, 0.1) is 24.7 Å². The van der Waals surface area contributed by atoms with Gasteiger partial charge < -0.3 is 15.0 Å². The highest BCUT2D eigenvalue weighted by atomic mass is 16.5. The van der Waals surface area contributed by atoms with Crippen molar-refractivity contribution in [1.82, 2.24) is 9.97 Å². The Morgan fingerprint density at radius 2 is 2.00 bits per heavy atom. The average Bonchev–Trinajstić information content (AvgIpc) is 3.75. The molecule has 2 saturated heterocycles. The summed E-state index contributed by atoms with van der Waals surface area (Å²) >= 11 is 0. The Kier molecular flexibility index (Phi) is 4.92. The van der Waals surface area contributed by atoms with E-state index in [1.165, 1.54) is 0 Å². The lowest BCUT2D eigenvalue weighted by Crippen LogP contribution is -2.35. The summed E-state index contributed by atoms with van der Waals surface area (Å²) in [7, 11) is 0. The standard InChI is InChI=1S/C26H27N5O3/c27-16-26(18-1-2-18)8-10-31(24(26)33)20-5-9-28-23(12-20)30-22-4-3-19(13-29-22)25(6-7-25)21(32)11-17-14-34-15-17/h3-5,9,12-13,17-18H,1-2,6-8,10-11,14-15H2,(H,28,29,30)/t26-/m1/s1. The van der Waals surface area contributed by atoms with Crippen LogP contribution >= 0.6 is 0 Å². The molecule has 8 nitrogen and oxygen atoms in total. The molecule has 2 saturated carbocycles. The average molecular weight is 458 g/mol. The van der Waals surface area contributed by atoms with E-state index in [9.17, 15) is 14.9 Å². The van der Waals surface area contributed by atoms with Crippen LogP contribution in [-0.4, -0.2) is 41.4 Å². The summed E-state index contributed by atoms with van der Waals surface area (Å²) in [5.41, 5.74) is 0.473. The summed E-state index contributed by atoms with van der Waals surface area (Å²) < 4.78 is 5.21. The molecule has 1 amide bonds. The normalized spacial score (nSPS) is 25.5. The topological polar surface area (TPSA) is 108 Å². The summed E-state index contributed by atoms with van der Waals surface area (Å²) in [6.45, 7) is 1.93. The smallest absolute Gasteiger partial charge is 0.247 e. The van der Waals surface area contributed by atoms with Gasteiger partial charge in [0.1, 0.15) is 22.8 Å². The molecule has 1 N–H and O–H groups in total. The molecule has 2 aromatic rings. The van der Waals surface area contributed by atoms with Crippen molar-refractivity contribution in [2.45, 2.75) is 43.9 Å². The molecule has 4 aliphatic rings. The van der Waals surface area contributed by atoms with Crippen LogP contribution in [0.3, 0.4) is 0 Å². The fourth-order valence-corrected chi connectivity index (χ4v) is 5.38. The number of rotatable bonds is 8. The monoisotopic (exact) mass is 457 g/mol. The molecule has 8 heteroatoms. The Hall–Kier alpha value is -3.31. The van der Waals surface area contributed by atoms with Crippen molar-refractivity contribution in [3.8, 4) is 6.07 Å². The molecule has 2 aliphatic heterocycles. The summed E-state index contributed by atoms with van der Waals surface area (Å²) in [6, 6.07) is 9.80. The third kappa shape index (κ3) is 3.46. The van der Waals surface area contributed by atoms with Crippen LogP contribution in [0, 0.1) is 28.6 Å². The first-order valence-electron chi connectivity index (χ1n) is 12.1. The highest BCUT2D eigenvalue weighted by molar-refractivity contribution is 6.02. The number of carbonyl (C=O) groups excluding carboxylic acids is 2. The van der Waals surface area contributed by atoms with Crippen LogP contribution in [0.5, 0.6) is 0 Å². The van der Waals surface area contributed by atoms with E-state index < -0.39 is 5.41 Å². The lowest BCUT2D eigenvalue weighted by Gasteiger charge is -2.27. The minimum Gasteiger partial charge on any atom is -0.381 e. The summed E-state index contributed by atoms with van der Waals surface area (Å²) in [5.74, 6) is 1.97. The van der Waals surface area contributed by atoms with Crippen LogP contribution in [0.25, 0.3) is 0 Å². The van der Waals surface area contributed by atoms with E-state index in [2.05, 4.69) is 21.4 Å². The van der Waals surface area contributed by atoms with Gasteiger partial charge in [-0.2, -0.15) is 5.26 Å². The van der Waals surface area contributed by atoms with Crippen molar-refractivity contribution < 1.29 is 14.3 Å². The molecule has 0 bridgehead atoms. The second kappa shape index (κ2) is 7.88.